The molecule has 0 amide bonds. The lowest BCUT2D eigenvalue weighted by Crippen LogP contribution is -1.95. The minimum Gasteiger partial charge on any atom is -0.368 e. The van der Waals surface area contributed by atoms with Crippen LogP contribution in [0, 0.1) is 10.1 Å². The van der Waals surface area contributed by atoms with Gasteiger partial charge in [0.1, 0.15) is 5.03 Å². The van der Waals surface area contributed by atoms with Crippen LogP contribution in [0.1, 0.15) is 0 Å². The van der Waals surface area contributed by atoms with E-state index in [2.05, 4.69) is 9.97 Å². The Morgan fingerprint density at radius 1 is 1.29 bits per heavy atom. The van der Waals surface area contributed by atoms with Crippen molar-refractivity contribution in [3.05, 3.63) is 46.6 Å². The molecule has 0 aliphatic rings. The van der Waals surface area contributed by atoms with Crippen molar-refractivity contribution in [2.45, 2.75) is 9.92 Å². The van der Waals surface area contributed by atoms with Gasteiger partial charge in [-0.1, -0.05) is 23.9 Å². The molecule has 0 fully saturated rings. The van der Waals surface area contributed by atoms with E-state index in [1.165, 1.54) is 24.0 Å². The number of anilines is 1. The highest BCUT2D eigenvalue weighted by Crippen LogP contribution is 2.33. The Morgan fingerprint density at radius 3 is 2.76 bits per heavy atom. The van der Waals surface area contributed by atoms with Crippen molar-refractivity contribution in [2.75, 3.05) is 5.73 Å². The van der Waals surface area contributed by atoms with Gasteiger partial charge in [-0.25, -0.2) is 9.97 Å². The molecule has 2 N–H and O–H groups in total. The first kappa shape index (κ1) is 11.3. The second kappa shape index (κ2) is 4.79. The number of rotatable bonds is 3. The molecule has 0 spiro atoms. The van der Waals surface area contributed by atoms with E-state index in [4.69, 9.17) is 5.73 Å². The standard InChI is InChI=1S/C10H8N4O2S/c11-10-12-6-5-9(13-10)17-8-4-2-1-3-7(8)14(15)16/h1-6H,(H2,11,12,13). The third kappa shape index (κ3) is 2.70. The number of nitrogens with zero attached hydrogens (tertiary/aromatic N) is 3. The van der Waals surface area contributed by atoms with Crippen molar-refractivity contribution in [2.24, 2.45) is 0 Å². The molecule has 6 nitrogen and oxygen atoms in total. The molecular formula is C10H8N4O2S. The number of hydrogen-bond acceptors (Lipinski definition) is 6. The van der Waals surface area contributed by atoms with Crippen LogP contribution in [-0.2, 0) is 0 Å². The molecule has 1 heterocycles. The first-order valence-corrected chi connectivity index (χ1v) is 5.48. The Bertz CT molecular complexity index is 562. The highest BCUT2D eigenvalue weighted by molar-refractivity contribution is 7.99. The van der Waals surface area contributed by atoms with Gasteiger partial charge < -0.3 is 5.73 Å². The Morgan fingerprint density at radius 2 is 2.06 bits per heavy atom. The maximum absolute atomic E-state index is 10.8. The number of nitrogen functional groups attached to an aromatic ring is 1. The number of para-hydroxylation sites is 1. The fourth-order valence-electron chi connectivity index (χ4n) is 1.22. The van der Waals surface area contributed by atoms with Crippen LogP contribution in [0.3, 0.4) is 0 Å². The Labute approximate surface area is 101 Å². The van der Waals surface area contributed by atoms with Crippen LogP contribution in [0.4, 0.5) is 11.6 Å². The van der Waals surface area contributed by atoms with Crippen LogP contribution in [0.2, 0.25) is 0 Å². The summed E-state index contributed by atoms with van der Waals surface area (Å²) in [5, 5.41) is 11.4. The van der Waals surface area contributed by atoms with Gasteiger partial charge in [0.15, 0.2) is 0 Å². The lowest BCUT2D eigenvalue weighted by atomic mass is 10.3. The average Bonchev–Trinajstić information content (AvgIpc) is 2.29. The number of nitrogens with two attached hydrogens (primary N) is 1. The summed E-state index contributed by atoms with van der Waals surface area (Å²) in [5.74, 6) is 0.147. The van der Waals surface area contributed by atoms with E-state index in [0.717, 1.165) is 0 Å². The van der Waals surface area contributed by atoms with E-state index in [-0.39, 0.29) is 11.6 Å². The first-order valence-electron chi connectivity index (χ1n) is 4.66. The van der Waals surface area contributed by atoms with Gasteiger partial charge >= 0.3 is 0 Å². The van der Waals surface area contributed by atoms with E-state index >= 15 is 0 Å². The van der Waals surface area contributed by atoms with Gasteiger partial charge in [0.05, 0.1) is 9.82 Å². The van der Waals surface area contributed by atoms with Gasteiger partial charge in [0, 0.05) is 12.3 Å². The van der Waals surface area contributed by atoms with Gasteiger partial charge in [-0.05, 0) is 12.1 Å². The number of nitro groups is 1. The number of benzene rings is 1. The maximum Gasteiger partial charge on any atom is 0.283 e. The molecule has 0 atom stereocenters. The molecule has 1 aromatic carbocycles. The topological polar surface area (TPSA) is 94.9 Å². The summed E-state index contributed by atoms with van der Waals surface area (Å²) in [4.78, 5) is 18.6. The maximum atomic E-state index is 10.8. The third-order valence-corrected chi connectivity index (χ3v) is 2.93. The second-order valence-corrected chi connectivity index (χ2v) is 4.14. The molecule has 0 aliphatic heterocycles. The monoisotopic (exact) mass is 248 g/mol. The van der Waals surface area contributed by atoms with Crippen LogP contribution in [0.25, 0.3) is 0 Å². The molecule has 0 aliphatic carbocycles. The normalized spacial score (nSPS) is 10.1. The van der Waals surface area contributed by atoms with Crippen LogP contribution < -0.4 is 5.73 Å². The van der Waals surface area contributed by atoms with Crippen molar-refractivity contribution >= 4 is 23.4 Å². The predicted molar refractivity (Wildman–Crippen MR) is 63.7 cm³/mol. The minimum absolute atomic E-state index is 0.0506. The van der Waals surface area contributed by atoms with Crippen LogP contribution in [-0.4, -0.2) is 14.9 Å². The van der Waals surface area contributed by atoms with Crippen LogP contribution >= 0.6 is 11.8 Å². The molecular weight excluding hydrogens is 240 g/mol. The summed E-state index contributed by atoms with van der Waals surface area (Å²) in [6, 6.07) is 8.13. The van der Waals surface area contributed by atoms with Gasteiger partial charge in [-0.2, -0.15) is 0 Å². The Hall–Kier alpha value is -2.15. The highest BCUT2D eigenvalue weighted by atomic mass is 32.2. The molecule has 1 aromatic heterocycles. The molecule has 2 aromatic rings. The Balaban J connectivity index is 2.33. The van der Waals surface area contributed by atoms with E-state index in [1.807, 2.05) is 0 Å². The number of nitro benzene ring substituents is 1. The molecule has 17 heavy (non-hydrogen) atoms. The van der Waals surface area contributed by atoms with E-state index in [1.54, 1.807) is 24.3 Å². The molecule has 0 saturated heterocycles. The zero-order chi connectivity index (χ0) is 12.3. The smallest absolute Gasteiger partial charge is 0.283 e. The zero-order valence-electron chi connectivity index (χ0n) is 8.61. The van der Waals surface area contributed by atoms with Crippen molar-refractivity contribution in [1.82, 2.24) is 9.97 Å². The molecule has 0 saturated carbocycles. The third-order valence-electron chi connectivity index (χ3n) is 1.93. The lowest BCUT2D eigenvalue weighted by Gasteiger charge is -2.01. The van der Waals surface area contributed by atoms with Crippen LogP contribution in [0.5, 0.6) is 0 Å². The summed E-state index contributed by atoms with van der Waals surface area (Å²) < 4.78 is 0. The van der Waals surface area contributed by atoms with Crippen molar-refractivity contribution in [3.8, 4) is 0 Å². The fourth-order valence-corrected chi connectivity index (χ4v) is 2.11. The summed E-state index contributed by atoms with van der Waals surface area (Å²) >= 11 is 1.18. The number of hydrogen-bond donors (Lipinski definition) is 1. The zero-order valence-corrected chi connectivity index (χ0v) is 9.42. The van der Waals surface area contributed by atoms with Crippen LogP contribution in [0.15, 0.2) is 46.5 Å². The van der Waals surface area contributed by atoms with E-state index in [9.17, 15) is 10.1 Å². The van der Waals surface area contributed by atoms with E-state index in [0.29, 0.717) is 9.92 Å². The van der Waals surface area contributed by atoms with Crippen molar-refractivity contribution in [1.29, 1.82) is 0 Å². The van der Waals surface area contributed by atoms with E-state index < -0.39 is 4.92 Å². The highest BCUT2D eigenvalue weighted by Gasteiger charge is 2.13. The lowest BCUT2D eigenvalue weighted by molar-refractivity contribution is -0.387. The molecule has 86 valence electrons. The predicted octanol–water partition coefficient (Wildman–Crippen LogP) is 2.12. The second-order valence-electron chi connectivity index (χ2n) is 3.08. The SMILES string of the molecule is Nc1nccc(Sc2ccccc2[N+](=O)[O-])n1. The van der Waals surface area contributed by atoms with Crippen molar-refractivity contribution < 1.29 is 4.92 Å². The van der Waals surface area contributed by atoms with Gasteiger partial charge in [0.25, 0.3) is 5.69 Å². The van der Waals surface area contributed by atoms with Crippen molar-refractivity contribution in [3.63, 3.8) is 0 Å². The average molecular weight is 248 g/mol. The van der Waals surface area contributed by atoms with Gasteiger partial charge in [-0.3, -0.25) is 10.1 Å². The molecule has 7 heteroatoms. The minimum atomic E-state index is -0.424. The first-order chi connectivity index (χ1) is 8.16. The number of aromatic nitrogens is 2. The quantitative estimate of drug-likeness (QED) is 0.508. The Kier molecular flexibility index (Phi) is 3.20. The summed E-state index contributed by atoms with van der Waals surface area (Å²) in [6.07, 6.45) is 1.51. The summed E-state index contributed by atoms with van der Waals surface area (Å²) in [7, 11) is 0. The largest absolute Gasteiger partial charge is 0.368 e. The molecule has 0 radical (unpaired) electrons. The van der Waals surface area contributed by atoms with Gasteiger partial charge in [0.2, 0.25) is 5.95 Å². The molecule has 2 rings (SSSR count). The summed E-state index contributed by atoms with van der Waals surface area (Å²) in [5.41, 5.74) is 5.49. The fraction of sp³-hybridized carbons (Fsp3) is 0. The summed E-state index contributed by atoms with van der Waals surface area (Å²) in [6.45, 7) is 0. The molecule has 0 unspecified atom stereocenters. The van der Waals surface area contributed by atoms with Gasteiger partial charge in [-0.15, -0.1) is 0 Å². The molecule has 0 bridgehead atoms.